The van der Waals surface area contributed by atoms with Gasteiger partial charge in [0.05, 0.1) is 11.0 Å². The predicted octanol–water partition coefficient (Wildman–Crippen LogP) is 5.04. The Bertz CT molecular complexity index is 923. The summed E-state index contributed by atoms with van der Waals surface area (Å²) in [5.41, 5.74) is 4.30. The van der Waals surface area contributed by atoms with E-state index >= 15 is 0 Å². The normalized spacial score (nSPS) is 11.0. The van der Waals surface area contributed by atoms with Crippen molar-refractivity contribution in [3.63, 3.8) is 0 Å². The molecule has 1 N–H and O–H groups in total. The first-order valence-electron chi connectivity index (χ1n) is 7.11. The van der Waals surface area contributed by atoms with Gasteiger partial charge in [-0.25, -0.2) is 9.37 Å². The molecule has 0 spiro atoms. The second-order valence-corrected chi connectivity index (χ2v) is 5.16. The average Bonchev–Trinajstić information content (AvgIpc) is 2.99. The van der Waals surface area contributed by atoms with E-state index in [4.69, 9.17) is 0 Å². The van der Waals surface area contributed by atoms with Crippen molar-refractivity contribution in [2.24, 2.45) is 0 Å². The van der Waals surface area contributed by atoms with Crippen LogP contribution in [0.4, 0.5) is 4.39 Å². The van der Waals surface area contributed by atoms with E-state index in [1.54, 1.807) is 12.1 Å². The Balaban J connectivity index is 1.83. The highest BCUT2D eigenvalue weighted by atomic mass is 19.1. The van der Waals surface area contributed by atoms with Crippen LogP contribution in [0.1, 0.15) is 0 Å². The first-order chi connectivity index (χ1) is 10.8. The van der Waals surface area contributed by atoms with Gasteiger partial charge in [0.2, 0.25) is 0 Å². The fraction of sp³-hybridized carbons (Fsp3) is 0. The lowest BCUT2D eigenvalue weighted by molar-refractivity contribution is 0.631. The Labute approximate surface area is 127 Å². The van der Waals surface area contributed by atoms with Crippen LogP contribution in [-0.4, -0.2) is 9.97 Å². The quantitative estimate of drug-likeness (QED) is 0.550. The van der Waals surface area contributed by atoms with Crippen LogP contribution < -0.4 is 0 Å². The fourth-order valence-electron chi connectivity index (χ4n) is 2.62. The molecule has 3 aromatic carbocycles. The minimum absolute atomic E-state index is 0.218. The number of rotatable bonds is 2. The molecule has 1 aromatic heterocycles. The van der Waals surface area contributed by atoms with Crippen molar-refractivity contribution in [2.75, 3.05) is 0 Å². The van der Waals surface area contributed by atoms with E-state index in [1.807, 2.05) is 54.6 Å². The van der Waals surface area contributed by atoms with Crippen LogP contribution in [-0.2, 0) is 0 Å². The zero-order valence-corrected chi connectivity index (χ0v) is 11.8. The van der Waals surface area contributed by atoms with Crippen LogP contribution in [0.25, 0.3) is 33.5 Å². The minimum Gasteiger partial charge on any atom is -0.338 e. The van der Waals surface area contributed by atoms with Crippen molar-refractivity contribution in [3.05, 3.63) is 78.6 Å². The maximum Gasteiger partial charge on any atom is 0.138 e. The summed E-state index contributed by atoms with van der Waals surface area (Å²) in [5.74, 6) is 0.573. The van der Waals surface area contributed by atoms with Gasteiger partial charge in [-0.1, -0.05) is 48.5 Å². The number of aromatic nitrogens is 2. The van der Waals surface area contributed by atoms with Crippen LogP contribution >= 0.6 is 0 Å². The summed E-state index contributed by atoms with van der Waals surface area (Å²) in [6.07, 6.45) is 0. The van der Waals surface area contributed by atoms with Crippen molar-refractivity contribution in [1.82, 2.24) is 9.97 Å². The summed E-state index contributed by atoms with van der Waals surface area (Å²) >= 11 is 0. The van der Waals surface area contributed by atoms with E-state index in [-0.39, 0.29) is 5.82 Å². The number of H-pyrrole nitrogens is 1. The monoisotopic (exact) mass is 288 g/mol. The molecule has 0 amide bonds. The zero-order chi connectivity index (χ0) is 14.9. The van der Waals surface area contributed by atoms with Crippen LogP contribution in [0.5, 0.6) is 0 Å². The van der Waals surface area contributed by atoms with Crippen molar-refractivity contribution in [2.45, 2.75) is 0 Å². The standard InChI is InChI=1S/C19H13FN2/c20-16-9-2-1-8-15(16)13-6-5-7-14(12-13)19-21-17-10-3-4-11-18(17)22-19/h1-12H,(H,21,22). The maximum atomic E-state index is 14.0. The molecule has 4 aromatic rings. The third kappa shape index (κ3) is 2.17. The average molecular weight is 288 g/mol. The van der Waals surface area contributed by atoms with Gasteiger partial charge >= 0.3 is 0 Å². The number of halogens is 1. The van der Waals surface area contributed by atoms with E-state index in [0.29, 0.717) is 5.56 Å². The lowest BCUT2D eigenvalue weighted by atomic mass is 10.0. The Morgan fingerprint density at radius 3 is 2.41 bits per heavy atom. The molecule has 22 heavy (non-hydrogen) atoms. The summed E-state index contributed by atoms with van der Waals surface area (Å²) in [4.78, 5) is 7.89. The number of fused-ring (bicyclic) bond motifs is 1. The molecule has 0 fully saturated rings. The molecule has 0 unspecified atom stereocenters. The van der Waals surface area contributed by atoms with Crippen molar-refractivity contribution in [1.29, 1.82) is 0 Å². The number of nitrogens with zero attached hydrogens (tertiary/aromatic N) is 1. The molecule has 4 rings (SSSR count). The van der Waals surface area contributed by atoms with Crippen molar-refractivity contribution >= 4 is 11.0 Å². The van der Waals surface area contributed by atoms with E-state index in [0.717, 1.165) is 28.0 Å². The number of aromatic amines is 1. The second kappa shape index (κ2) is 5.11. The Morgan fingerprint density at radius 1 is 0.773 bits per heavy atom. The Hall–Kier alpha value is -2.94. The van der Waals surface area contributed by atoms with E-state index in [9.17, 15) is 4.39 Å². The summed E-state index contributed by atoms with van der Waals surface area (Å²) in [6.45, 7) is 0. The summed E-state index contributed by atoms with van der Waals surface area (Å²) in [7, 11) is 0. The zero-order valence-electron chi connectivity index (χ0n) is 11.8. The predicted molar refractivity (Wildman–Crippen MR) is 86.9 cm³/mol. The number of hydrogen-bond donors (Lipinski definition) is 1. The third-order valence-corrected chi connectivity index (χ3v) is 3.71. The molecule has 0 atom stereocenters. The summed E-state index contributed by atoms with van der Waals surface area (Å²) < 4.78 is 14.0. The number of benzene rings is 3. The summed E-state index contributed by atoms with van der Waals surface area (Å²) in [5, 5.41) is 0. The molecule has 0 saturated carbocycles. The molecule has 3 heteroatoms. The molecule has 2 nitrogen and oxygen atoms in total. The minimum atomic E-state index is -0.218. The van der Waals surface area contributed by atoms with Crippen LogP contribution in [0, 0.1) is 5.82 Å². The number of para-hydroxylation sites is 2. The SMILES string of the molecule is Fc1ccccc1-c1cccc(-c2nc3ccccc3[nH]2)c1. The Morgan fingerprint density at radius 2 is 1.55 bits per heavy atom. The van der Waals surface area contributed by atoms with E-state index < -0.39 is 0 Å². The second-order valence-electron chi connectivity index (χ2n) is 5.16. The van der Waals surface area contributed by atoms with Gasteiger partial charge < -0.3 is 4.98 Å². The van der Waals surface area contributed by atoms with Crippen molar-refractivity contribution in [3.8, 4) is 22.5 Å². The highest BCUT2D eigenvalue weighted by Crippen LogP contribution is 2.27. The van der Waals surface area contributed by atoms with Gasteiger partial charge in [-0.3, -0.25) is 0 Å². The molecule has 0 aliphatic carbocycles. The van der Waals surface area contributed by atoms with E-state index in [1.165, 1.54) is 6.07 Å². The lowest BCUT2D eigenvalue weighted by Gasteiger charge is -2.05. The molecular formula is C19H13FN2. The van der Waals surface area contributed by atoms with Gasteiger partial charge in [0.15, 0.2) is 0 Å². The highest BCUT2D eigenvalue weighted by Gasteiger charge is 2.08. The highest BCUT2D eigenvalue weighted by molar-refractivity contribution is 5.80. The molecule has 1 heterocycles. The molecule has 0 aliphatic rings. The topological polar surface area (TPSA) is 28.7 Å². The molecule has 0 bridgehead atoms. The fourth-order valence-corrected chi connectivity index (χ4v) is 2.62. The maximum absolute atomic E-state index is 14.0. The van der Waals surface area contributed by atoms with Gasteiger partial charge in [0.25, 0.3) is 0 Å². The Kier molecular flexibility index (Phi) is 2.97. The largest absolute Gasteiger partial charge is 0.338 e. The van der Waals surface area contributed by atoms with Gasteiger partial charge in [-0.2, -0.15) is 0 Å². The number of hydrogen-bond acceptors (Lipinski definition) is 1. The van der Waals surface area contributed by atoms with Crippen LogP contribution in [0.15, 0.2) is 72.8 Å². The smallest absolute Gasteiger partial charge is 0.138 e. The molecular weight excluding hydrogens is 275 g/mol. The van der Waals surface area contributed by atoms with Crippen LogP contribution in [0.2, 0.25) is 0 Å². The number of nitrogens with one attached hydrogen (secondary N) is 1. The molecule has 0 aliphatic heterocycles. The summed E-state index contributed by atoms with van der Waals surface area (Å²) in [6, 6.07) is 22.4. The van der Waals surface area contributed by atoms with E-state index in [2.05, 4.69) is 9.97 Å². The first-order valence-corrected chi connectivity index (χ1v) is 7.11. The molecule has 0 radical (unpaired) electrons. The van der Waals surface area contributed by atoms with Gasteiger partial charge in [-0.05, 0) is 29.8 Å². The van der Waals surface area contributed by atoms with Crippen molar-refractivity contribution < 1.29 is 4.39 Å². The molecule has 0 saturated heterocycles. The molecule has 106 valence electrons. The third-order valence-electron chi connectivity index (χ3n) is 3.71. The number of imidazole rings is 1. The van der Waals surface area contributed by atoms with Crippen LogP contribution in [0.3, 0.4) is 0 Å². The lowest BCUT2D eigenvalue weighted by Crippen LogP contribution is -1.86. The van der Waals surface area contributed by atoms with Gasteiger partial charge in [0.1, 0.15) is 11.6 Å². The van der Waals surface area contributed by atoms with Gasteiger partial charge in [0, 0.05) is 11.1 Å². The first kappa shape index (κ1) is 12.8. The van der Waals surface area contributed by atoms with Gasteiger partial charge in [-0.15, -0.1) is 0 Å².